The Balaban J connectivity index is 2.13. The van der Waals surface area contributed by atoms with Gasteiger partial charge in [0, 0.05) is 37.2 Å². The molecule has 1 aromatic heterocycles. The van der Waals surface area contributed by atoms with Crippen molar-refractivity contribution in [3.8, 4) is 11.8 Å². The van der Waals surface area contributed by atoms with Crippen LogP contribution >= 0.6 is 11.3 Å². The maximum absolute atomic E-state index is 8.70. The highest BCUT2D eigenvalue weighted by molar-refractivity contribution is 7.10. The zero-order valence-corrected chi connectivity index (χ0v) is 12.7. The Bertz CT molecular complexity index is 405. The minimum Gasteiger partial charge on any atom is -0.395 e. The Kier molecular flexibility index (Phi) is 10.2. The van der Waals surface area contributed by atoms with Crippen molar-refractivity contribution in [2.45, 2.75) is 19.4 Å². The SMILES string of the molecule is COCCOCCCOCc1sccc1C#CCCO. The van der Waals surface area contributed by atoms with Crippen molar-refractivity contribution in [3.63, 3.8) is 0 Å². The van der Waals surface area contributed by atoms with Gasteiger partial charge in [0.25, 0.3) is 0 Å². The molecule has 0 saturated heterocycles. The van der Waals surface area contributed by atoms with E-state index in [1.165, 1.54) is 0 Å². The monoisotopic (exact) mass is 298 g/mol. The van der Waals surface area contributed by atoms with Gasteiger partial charge >= 0.3 is 0 Å². The van der Waals surface area contributed by atoms with Crippen molar-refractivity contribution in [3.05, 3.63) is 21.9 Å². The average Bonchev–Trinajstić information content (AvgIpc) is 2.90. The van der Waals surface area contributed by atoms with Crippen LogP contribution in [-0.2, 0) is 20.8 Å². The average molecular weight is 298 g/mol. The van der Waals surface area contributed by atoms with Crippen molar-refractivity contribution in [1.29, 1.82) is 0 Å². The van der Waals surface area contributed by atoms with Crippen LogP contribution in [0.2, 0.25) is 0 Å². The number of hydrogen-bond donors (Lipinski definition) is 1. The summed E-state index contributed by atoms with van der Waals surface area (Å²) in [5, 5.41) is 10.7. The molecule has 5 heteroatoms. The van der Waals surface area contributed by atoms with E-state index < -0.39 is 0 Å². The second kappa shape index (κ2) is 11.9. The number of thiophene rings is 1. The van der Waals surface area contributed by atoms with E-state index in [1.54, 1.807) is 18.4 Å². The second-order valence-electron chi connectivity index (χ2n) is 4.04. The lowest BCUT2D eigenvalue weighted by atomic mass is 10.2. The fraction of sp³-hybridized carbons (Fsp3) is 0.600. The van der Waals surface area contributed by atoms with Gasteiger partial charge in [-0.25, -0.2) is 0 Å². The number of ether oxygens (including phenoxy) is 3. The molecular weight excluding hydrogens is 276 g/mol. The third-order valence-corrected chi connectivity index (χ3v) is 3.34. The molecule has 0 radical (unpaired) electrons. The molecule has 20 heavy (non-hydrogen) atoms. The largest absolute Gasteiger partial charge is 0.395 e. The Morgan fingerprint density at radius 3 is 2.85 bits per heavy atom. The zero-order valence-electron chi connectivity index (χ0n) is 11.9. The minimum atomic E-state index is 0.103. The van der Waals surface area contributed by atoms with Gasteiger partial charge in [-0.05, 0) is 17.9 Å². The van der Waals surface area contributed by atoms with Crippen molar-refractivity contribution < 1.29 is 19.3 Å². The first kappa shape index (κ1) is 17.2. The summed E-state index contributed by atoms with van der Waals surface area (Å²) < 4.78 is 15.9. The molecular formula is C15H22O4S. The van der Waals surface area contributed by atoms with E-state index in [0.717, 1.165) is 16.9 Å². The molecule has 1 aromatic rings. The summed E-state index contributed by atoms with van der Waals surface area (Å²) >= 11 is 1.64. The van der Waals surface area contributed by atoms with Crippen LogP contribution in [-0.4, -0.2) is 45.3 Å². The van der Waals surface area contributed by atoms with Gasteiger partial charge in [0.15, 0.2) is 0 Å². The molecule has 0 saturated carbocycles. The molecule has 1 rings (SSSR count). The minimum absolute atomic E-state index is 0.103. The molecule has 0 fully saturated rings. The third kappa shape index (κ3) is 7.63. The van der Waals surface area contributed by atoms with Crippen LogP contribution < -0.4 is 0 Å². The van der Waals surface area contributed by atoms with E-state index in [4.69, 9.17) is 19.3 Å². The predicted octanol–water partition coefficient (Wildman–Crippen LogP) is 2.05. The smallest absolute Gasteiger partial charge is 0.0821 e. The Morgan fingerprint density at radius 1 is 1.20 bits per heavy atom. The summed E-state index contributed by atoms with van der Waals surface area (Å²) in [4.78, 5) is 1.13. The maximum atomic E-state index is 8.70. The number of aliphatic hydroxyl groups excluding tert-OH is 1. The number of methoxy groups -OCH3 is 1. The van der Waals surface area contributed by atoms with Crippen LogP contribution in [0.25, 0.3) is 0 Å². The van der Waals surface area contributed by atoms with Gasteiger partial charge in [0.2, 0.25) is 0 Å². The van der Waals surface area contributed by atoms with Crippen LogP contribution in [0.1, 0.15) is 23.3 Å². The highest BCUT2D eigenvalue weighted by Crippen LogP contribution is 2.16. The third-order valence-electron chi connectivity index (χ3n) is 2.45. The molecule has 0 atom stereocenters. The molecule has 0 unspecified atom stereocenters. The molecule has 0 aliphatic carbocycles. The summed E-state index contributed by atoms with van der Waals surface area (Å²) in [7, 11) is 1.66. The lowest BCUT2D eigenvalue weighted by Crippen LogP contribution is -2.05. The van der Waals surface area contributed by atoms with Crippen LogP contribution in [0.4, 0.5) is 0 Å². The van der Waals surface area contributed by atoms with E-state index in [2.05, 4.69) is 11.8 Å². The first-order chi connectivity index (χ1) is 9.88. The Labute approximate surface area is 124 Å². The lowest BCUT2D eigenvalue weighted by molar-refractivity contribution is 0.0487. The molecule has 1 heterocycles. The molecule has 0 aliphatic rings. The highest BCUT2D eigenvalue weighted by atomic mass is 32.1. The van der Waals surface area contributed by atoms with Gasteiger partial charge in [0.05, 0.1) is 26.4 Å². The van der Waals surface area contributed by atoms with Crippen molar-refractivity contribution >= 4 is 11.3 Å². The van der Waals surface area contributed by atoms with Gasteiger partial charge in [-0.2, -0.15) is 0 Å². The molecule has 112 valence electrons. The summed E-state index contributed by atoms with van der Waals surface area (Å²) in [6.07, 6.45) is 1.38. The van der Waals surface area contributed by atoms with Gasteiger partial charge < -0.3 is 19.3 Å². The second-order valence-corrected chi connectivity index (χ2v) is 5.04. The standard InChI is InChI=1S/C15H22O4S/c1-17-10-11-18-8-4-9-19-13-15-14(6-12-20-15)5-2-3-7-16/h6,12,16H,3-4,7-11,13H2,1H3. The number of rotatable bonds is 10. The van der Waals surface area contributed by atoms with E-state index in [-0.39, 0.29) is 6.61 Å². The summed E-state index contributed by atoms with van der Waals surface area (Å²) in [5.74, 6) is 5.98. The Morgan fingerprint density at radius 2 is 2.05 bits per heavy atom. The fourth-order valence-electron chi connectivity index (χ4n) is 1.45. The molecule has 0 aliphatic heterocycles. The van der Waals surface area contributed by atoms with Crippen molar-refractivity contribution in [1.82, 2.24) is 0 Å². The molecule has 0 spiro atoms. The van der Waals surface area contributed by atoms with Gasteiger partial charge in [-0.1, -0.05) is 11.8 Å². The molecule has 1 N–H and O–H groups in total. The summed E-state index contributed by atoms with van der Waals surface area (Å²) in [6, 6.07) is 1.99. The molecule has 4 nitrogen and oxygen atoms in total. The topological polar surface area (TPSA) is 47.9 Å². The predicted molar refractivity (Wildman–Crippen MR) is 79.9 cm³/mol. The fourth-order valence-corrected chi connectivity index (χ4v) is 2.22. The normalized spacial score (nSPS) is 10.3. The van der Waals surface area contributed by atoms with Gasteiger partial charge in [-0.15, -0.1) is 11.3 Å². The summed E-state index contributed by atoms with van der Waals surface area (Å²) in [5.41, 5.74) is 1.000. The summed E-state index contributed by atoms with van der Waals surface area (Å²) in [6.45, 7) is 3.31. The highest BCUT2D eigenvalue weighted by Gasteiger charge is 2.01. The maximum Gasteiger partial charge on any atom is 0.0821 e. The van der Waals surface area contributed by atoms with Gasteiger partial charge in [0.1, 0.15) is 0 Å². The quantitative estimate of drug-likeness (QED) is 0.530. The van der Waals surface area contributed by atoms with Crippen LogP contribution in [0.5, 0.6) is 0 Å². The van der Waals surface area contributed by atoms with Crippen LogP contribution in [0.15, 0.2) is 11.4 Å². The van der Waals surface area contributed by atoms with E-state index in [1.807, 2.05) is 11.4 Å². The van der Waals surface area contributed by atoms with E-state index in [0.29, 0.717) is 39.5 Å². The molecule has 0 amide bonds. The number of aliphatic hydroxyl groups is 1. The van der Waals surface area contributed by atoms with Crippen LogP contribution in [0.3, 0.4) is 0 Å². The molecule has 0 bridgehead atoms. The van der Waals surface area contributed by atoms with Crippen molar-refractivity contribution in [2.24, 2.45) is 0 Å². The Hall–Kier alpha value is -0.900. The van der Waals surface area contributed by atoms with Crippen molar-refractivity contribution in [2.75, 3.05) is 40.1 Å². The van der Waals surface area contributed by atoms with E-state index in [9.17, 15) is 0 Å². The van der Waals surface area contributed by atoms with E-state index >= 15 is 0 Å². The lowest BCUT2D eigenvalue weighted by Gasteiger charge is -2.05. The first-order valence-electron chi connectivity index (χ1n) is 6.69. The molecule has 0 aromatic carbocycles. The van der Waals surface area contributed by atoms with Gasteiger partial charge in [-0.3, -0.25) is 0 Å². The van der Waals surface area contributed by atoms with Crippen LogP contribution in [0, 0.1) is 11.8 Å². The first-order valence-corrected chi connectivity index (χ1v) is 7.57. The number of hydrogen-bond acceptors (Lipinski definition) is 5. The zero-order chi connectivity index (χ0) is 14.5.